The van der Waals surface area contributed by atoms with Crippen LogP contribution in [0, 0.1) is 0 Å². The largest absolute Gasteiger partial charge is 0.256 e. The lowest BCUT2D eigenvalue weighted by atomic mass is 10.2. The van der Waals surface area contributed by atoms with Crippen molar-refractivity contribution in [1.29, 1.82) is 0 Å². The van der Waals surface area contributed by atoms with Gasteiger partial charge in [0.2, 0.25) is 0 Å². The van der Waals surface area contributed by atoms with Gasteiger partial charge >= 0.3 is 0 Å². The Morgan fingerprint density at radius 2 is 2.36 bits per heavy atom. The zero-order chi connectivity index (χ0) is 11.2. The summed E-state index contributed by atoms with van der Waals surface area (Å²) < 4.78 is 30.6. The highest BCUT2D eigenvalue weighted by molar-refractivity contribution is 9.10. The minimum Gasteiger partial charge on any atom is -0.256 e. The number of nitrogens with zero attached hydrogens (tertiary/aromatic N) is 1. The first-order valence-corrected chi connectivity index (χ1v) is 3.84. The third-order valence-corrected chi connectivity index (χ3v) is 1.97. The van der Waals surface area contributed by atoms with E-state index < -0.39 is 0 Å². The van der Waals surface area contributed by atoms with Crippen molar-refractivity contribution in [2.45, 2.75) is 0 Å². The van der Waals surface area contributed by atoms with Crippen molar-refractivity contribution in [3.8, 4) is 0 Å². The minimum atomic E-state index is -0.214. The van der Waals surface area contributed by atoms with E-state index in [0.717, 1.165) is 0 Å². The molecule has 2 heteroatoms. The Labute approximate surface area is 78.8 Å². The molecule has 1 heterocycles. The van der Waals surface area contributed by atoms with E-state index in [1.54, 1.807) is 12.1 Å². The number of rotatable bonds is 0. The summed E-state index contributed by atoms with van der Waals surface area (Å²) in [5.74, 6) is 0. The average Bonchev–Trinajstić information content (AvgIpc) is 2.20. The summed E-state index contributed by atoms with van der Waals surface area (Å²) >= 11 is 3.20. The zero-order valence-corrected chi connectivity index (χ0v) is 7.07. The second-order valence-corrected chi connectivity index (χ2v) is 2.82. The van der Waals surface area contributed by atoms with Gasteiger partial charge in [-0.05, 0) is 18.2 Å². The normalized spacial score (nSPS) is 15.4. The summed E-state index contributed by atoms with van der Waals surface area (Å²) in [6.07, 6.45) is -0.211. The highest BCUT2D eigenvalue weighted by Gasteiger charge is 1.94. The van der Waals surface area contributed by atoms with Gasteiger partial charge in [-0.2, -0.15) is 0 Å². The molecule has 2 aromatic rings. The Balaban J connectivity index is 3.00. The highest BCUT2D eigenvalue weighted by atomic mass is 79.9. The van der Waals surface area contributed by atoms with Crippen molar-refractivity contribution in [2.75, 3.05) is 0 Å². The molecule has 0 aliphatic carbocycles. The molecule has 0 amide bonds. The Kier molecular flexibility index (Phi) is 0.877. The SMILES string of the molecule is [2H]c1ccc2nc([2H])c([2H])c([2H])c2c1Br. The molecule has 0 radical (unpaired) electrons. The van der Waals surface area contributed by atoms with Gasteiger partial charge in [-0.1, -0.05) is 28.0 Å². The molecule has 1 nitrogen and oxygen atoms in total. The zero-order valence-electron chi connectivity index (χ0n) is 9.48. The fourth-order valence-corrected chi connectivity index (χ4v) is 1.29. The number of fused-ring (bicyclic) bond motifs is 1. The topological polar surface area (TPSA) is 12.9 Å². The Bertz CT molecular complexity index is 556. The lowest BCUT2D eigenvalue weighted by Crippen LogP contribution is -1.76. The second-order valence-electron chi connectivity index (χ2n) is 2.03. The number of hydrogen-bond donors (Lipinski definition) is 0. The summed E-state index contributed by atoms with van der Waals surface area (Å²) in [4.78, 5) is 3.88. The van der Waals surface area contributed by atoms with Crippen LogP contribution < -0.4 is 0 Å². The molecule has 0 unspecified atom stereocenters. The van der Waals surface area contributed by atoms with Gasteiger partial charge in [0.05, 0.1) is 11.0 Å². The van der Waals surface area contributed by atoms with Crippen LogP contribution in [0.15, 0.2) is 40.9 Å². The van der Waals surface area contributed by atoms with E-state index in [4.69, 9.17) is 5.48 Å². The fraction of sp³-hybridized carbons (Fsp3) is 0. The second kappa shape index (κ2) is 2.62. The van der Waals surface area contributed by atoms with Crippen LogP contribution in [0.3, 0.4) is 0 Å². The molecule has 1 aromatic heterocycles. The van der Waals surface area contributed by atoms with Crippen LogP contribution in [-0.4, -0.2) is 4.98 Å². The lowest BCUT2D eigenvalue weighted by molar-refractivity contribution is 1.41. The van der Waals surface area contributed by atoms with E-state index in [9.17, 15) is 0 Å². The molecule has 1 aromatic carbocycles. The first-order chi connectivity index (χ1) is 7.02. The van der Waals surface area contributed by atoms with Crippen LogP contribution in [-0.2, 0) is 0 Å². The van der Waals surface area contributed by atoms with Gasteiger partial charge in [0.25, 0.3) is 0 Å². The van der Waals surface area contributed by atoms with Gasteiger partial charge in [0.15, 0.2) is 0 Å². The van der Waals surface area contributed by atoms with Crippen molar-refractivity contribution in [1.82, 2.24) is 4.98 Å². The standard InChI is InChI=1S/C9H6BrN/c10-8-4-1-5-9-7(8)3-2-6-11-9/h1-6H/i2D,3D,4D,6D. The van der Waals surface area contributed by atoms with Gasteiger partial charge in [0, 0.05) is 16.0 Å². The van der Waals surface area contributed by atoms with Gasteiger partial charge in [-0.3, -0.25) is 4.98 Å². The molecule has 0 atom stereocenters. The Hall–Kier alpha value is -0.890. The third kappa shape index (κ3) is 1.14. The number of benzene rings is 1. The van der Waals surface area contributed by atoms with Gasteiger partial charge < -0.3 is 0 Å². The van der Waals surface area contributed by atoms with Crippen molar-refractivity contribution in [3.05, 3.63) is 40.9 Å². The van der Waals surface area contributed by atoms with Crippen LogP contribution in [0.2, 0.25) is 0 Å². The van der Waals surface area contributed by atoms with E-state index in [1.807, 2.05) is 0 Å². The molecule has 0 saturated carbocycles. The van der Waals surface area contributed by atoms with Gasteiger partial charge in [-0.25, -0.2) is 0 Å². The van der Waals surface area contributed by atoms with Gasteiger partial charge in [-0.15, -0.1) is 0 Å². The molecule has 0 N–H and O–H groups in total. The molecule has 0 aliphatic rings. The summed E-state index contributed by atoms with van der Waals surface area (Å²) in [6, 6.07) is 3.09. The number of aromatic nitrogens is 1. The highest BCUT2D eigenvalue weighted by Crippen LogP contribution is 2.20. The van der Waals surface area contributed by atoms with Crippen LogP contribution >= 0.6 is 15.9 Å². The fourth-order valence-electron chi connectivity index (χ4n) is 0.852. The number of halogens is 1. The van der Waals surface area contributed by atoms with E-state index in [1.165, 1.54) is 0 Å². The van der Waals surface area contributed by atoms with Crippen LogP contribution in [0.25, 0.3) is 10.9 Å². The number of pyridine rings is 1. The maximum atomic E-state index is 7.71. The first-order valence-electron chi connectivity index (χ1n) is 5.05. The molecular weight excluding hydrogens is 202 g/mol. The quantitative estimate of drug-likeness (QED) is 0.654. The average molecular weight is 212 g/mol. The lowest BCUT2D eigenvalue weighted by Gasteiger charge is -1.96. The van der Waals surface area contributed by atoms with E-state index in [-0.39, 0.29) is 24.3 Å². The van der Waals surface area contributed by atoms with E-state index in [2.05, 4.69) is 20.9 Å². The maximum Gasteiger partial charge on any atom is 0.0840 e. The summed E-state index contributed by atoms with van der Waals surface area (Å²) in [5.41, 5.74) is 0.462. The minimum absolute atomic E-state index is 0.0639. The molecule has 0 bridgehead atoms. The molecule has 54 valence electrons. The Morgan fingerprint density at radius 3 is 3.27 bits per heavy atom. The van der Waals surface area contributed by atoms with E-state index >= 15 is 0 Å². The predicted octanol–water partition coefficient (Wildman–Crippen LogP) is 3.00. The molecule has 0 saturated heterocycles. The molecule has 11 heavy (non-hydrogen) atoms. The molecular formula is C9H6BrN. The van der Waals surface area contributed by atoms with Crippen molar-refractivity contribution in [2.24, 2.45) is 0 Å². The van der Waals surface area contributed by atoms with Crippen LogP contribution in [0.4, 0.5) is 0 Å². The Morgan fingerprint density at radius 1 is 1.45 bits per heavy atom. The predicted molar refractivity (Wildman–Crippen MR) is 49.4 cm³/mol. The van der Waals surface area contributed by atoms with Crippen molar-refractivity contribution in [3.63, 3.8) is 0 Å². The molecule has 0 fully saturated rings. The molecule has 2 rings (SSSR count). The van der Waals surface area contributed by atoms with Crippen molar-refractivity contribution >= 4 is 26.8 Å². The smallest absolute Gasteiger partial charge is 0.0840 e. The summed E-state index contributed by atoms with van der Waals surface area (Å²) in [5, 5.41) is 0.420. The molecule has 0 aliphatic heterocycles. The van der Waals surface area contributed by atoms with Crippen LogP contribution in [0.5, 0.6) is 0 Å². The number of hydrogen-bond acceptors (Lipinski definition) is 1. The van der Waals surface area contributed by atoms with Gasteiger partial charge in [0.1, 0.15) is 0 Å². The van der Waals surface area contributed by atoms with Crippen LogP contribution in [0.1, 0.15) is 5.48 Å². The summed E-state index contributed by atoms with van der Waals surface area (Å²) in [7, 11) is 0. The maximum absolute atomic E-state index is 7.71. The van der Waals surface area contributed by atoms with Crippen molar-refractivity contribution < 1.29 is 5.48 Å². The molecule has 0 spiro atoms. The monoisotopic (exact) mass is 211 g/mol. The summed E-state index contributed by atoms with van der Waals surface area (Å²) in [6.45, 7) is 0. The van der Waals surface area contributed by atoms with E-state index in [0.29, 0.717) is 15.4 Å². The third-order valence-electron chi connectivity index (χ3n) is 1.35. The first kappa shape index (κ1) is 3.68.